The molecule has 190 valence electrons. The van der Waals surface area contributed by atoms with Crippen LogP contribution in [-0.4, -0.2) is 106 Å². The van der Waals surface area contributed by atoms with E-state index in [1.165, 1.54) is 12.1 Å². The maximum absolute atomic E-state index is 11.6. The molecule has 0 aromatic heterocycles. The Labute approximate surface area is 193 Å². The lowest BCUT2D eigenvalue weighted by molar-refractivity contribution is 0.0689. The fourth-order valence-corrected chi connectivity index (χ4v) is 2.49. The predicted octanol–water partition coefficient (Wildman–Crippen LogP) is 0.718. The minimum Gasteiger partial charge on any atom is -0.487 e. The van der Waals surface area contributed by atoms with Crippen LogP contribution < -0.4 is 14.2 Å². The van der Waals surface area contributed by atoms with Crippen molar-refractivity contribution in [2.24, 2.45) is 0 Å². The van der Waals surface area contributed by atoms with Crippen molar-refractivity contribution in [3.8, 4) is 17.2 Å². The minimum atomic E-state index is -1.15. The molecular formula is C22H36O11. The second-order valence-electron chi connectivity index (χ2n) is 6.72. The molecule has 11 heteroatoms. The van der Waals surface area contributed by atoms with Crippen LogP contribution in [0.1, 0.15) is 29.6 Å². The maximum atomic E-state index is 11.6. The third-order valence-corrected chi connectivity index (χ3v) is 4.05. The fraction of sp³-hybridized carbons (Fsp3) is 0.682. The third kappa shape index (κ3) is 13.2. The molecule has 33 heavy (non-hydrogen) atoms. The normalized spacial score (nSPS) is 10.9. The average Bonchev–Trinajstić information content (AvgIpc) is 2.81. The largest absolute Gasteiger partial charge is 0.487 e. The van der Waals surface area contributed by atoms with Crippen LogP contribution in [0.3, 0.4) is 0 Å². The van der Waals surface area contributed by atoms with Crippen LogP contribution in [0.4, 0.5) is 0 Å². The van der Waals surface area contributed by atoms with Gasteiger partial charge < -0.3 is 48.8 Å². The van der Waals surface area contributed by atoms with E-state index in [9.17, 15) is 9.90 Å². The van der Waals surface area contributed by atoms with Crippen molar-refractivity contribution in [2.45, 2.75) is 19.3 Å². The monoisotopic (exact) mass is 476 g/mol. The summed E-state index contributed by atoms with van der Waals surface area (Å²) in [6, 6.07) is 2.70. The molecule has 0 spiro atoms. The number of aliphatic hydroxyl groups is 3. The summed E-state index contributed by atoms with van der Waals surface area (Å²) in [6.45, 7) is 2.44. The zero-order chi connectivity index (χ0) is 24.2. The van der Waals surface area contributed by atoms with E-state index in [4.69, 9.17) is 43.7 Å². The van der Waals surface area contributed by atoms with E-state index in [1.54, 1.807) is 0 Å². The number of aromatic carboxylic acids is 1. The Balaban J connectivity index is 2.84. The molecule has 4 N–H and O–H groups in total. The number of carboxylic acids is 1. The van der Waals surface area contributed by atoms with Crippen LogP contribution in [0.15, 0.2) is 12.1 Å². The molecule has 1 aromatic carbocycles. The zero-order valence-electron chi connectivity index (χ0n) is 18.9. The molecule has 0 unspecified atom stereocenters. The van der Waals surface area contributed by atoms with Gasteiger partial charge in [0.05, 0.1) is 25.4 Å². The van der Waals surface area contributed by atoms with Gasteiger partial charge in [-0.25, -0.2) is 4.79 Å². The molecule has 0 amide bonds. The van der Waals surface area contributed by atoms with Crippen LogP contribution in [0.2, 0.25) is 0 Å². The maximum Gasteiger partial charge on any atom is 0.335 e. The summed E-state index contributed by atoms with van der Waals surface area (Å²) in [7, 11) is 0. The molecule has 1 aromatic rings. The van der Waals surface area contributed by atoms with Crippen molar-refractivity contribution in [2.75, 3.05) is 79.3 Å². The summed E-state index contributed by atoms with van der Waals surface area (Å²) >= 11 is 0. The number of rotatable bonds is 22. The van der Waals surface area contributed by atoms with Gasteiger partial charge in [0.25, 0.3) is 0 Å². The van der Waals surface area contributed by atoms with Crippen molar-refractivity contribution in [1.29, 1.82) is 0 Å². The van der Waals surface area contributed by atoms with Gasteiger partial charge in [0.15, 0.2) is 11.5 Å². The number of benzene rings is 1. The standard InChI is InChI=1S/C22H36O11/c23-4-1-7-28-10-13-31-19-16-18(22(26)27)17-20(32-14-11-29-8-2-5-24)21(19)33-15-12-30-9-3-6-25/h16-17,23-25H,1-15H2,(H,26,27). The lowest BCUT2D eigenvalue weighted by Crippen LogP contribution is -2.14. The first kappa shape index (κ1) is 28.9. The van der Waals surface area contributed by atoms with Crippen LogP contribution in [-0.2, 0) is 14.2 Å². The highest BCUT2D eigenvalue weighted by atomic mass is 16.6. The topological polar surface area (TPSA) is 153 Å². The number of ether oxygens (including phenoxy) is 6. The molecule has 0 heterocycles. The van der Waals surface area contributed by atoms with Crippen molar-refractivity contribution in [3.63, 3.8) is 0 Å². The summed E-state index contributed by atoms with van der Waals surface area (Å²) < 4.78 is 33.3. The lowest BCUT2D eigenvalue weighted by Gasteiger charge is -2.18. The van der Waals surface area contributed by atoms with E-state index in [-0.39, 0.29) is 82.3 Å². The van der Waals surface area contributed by atoms with E-state index in [1.807, 2.05) is 0 Å². The van der Waals surface area contributed by atoms with Crippen LogP contribution in [0, 0.1) is 0 Å². The Kier molecular flexibility index (Phi) is 16.9. The highest BCUT2D eigenvalue weighted by molar-refractivity contribution is 5.89. The van der Waals surface area contributed by atoms with Gasteiger partial charge in [0.2, 0.25) is 5.75 Å². The van der Waals surface area contributed by atoms with Gasteiger partial charge in [0, 0.05) is 39.6 Å². The molecule has 0 aliphatic heterocycles. The first-order chi connectivity index (χ1) is 16.1. The highest BCUT2D eigenvalue weighted by Gasteiger charge is 2.19. The Morgan fingerprint density at radius 3 is 1.36 bits per heavy atom. The van der Waals surface area contributed by atoms with Gasteiger partial charge in [-0.15, -0.1) is 0 Å². The molecule has 0 fully saturated rings. The average molecular weight is 477 g/mol. The van der Waals surface area contributed by atoms with Crippen LogP contribution in [0.5, 0.6) is 17.2 Å². The van der Waals surface area contributed by atoms with Gasteiger partial charge in [-0.1, -0.05) is 0 Å². The highest BCUT2D eigenvalue weighted by Crippen LogP contribution is 2.39. The van der Waals surface area contributed by atoms with Gasteiger partial charge >= 0.3 is 5.97 Å². The molecule has 0 bridgehead atoms. The summed E-state index contributed by atoms with van der Waals surface area (Å²) in [5, 5.41) is 35.9. The van der Waals surface area contributed by atoms with Gasteiger partial charge in [-0.2, -0.15) is 0 Å². The first-order valence-corrected chi connectivity index (χ1v) is 11.0. The molecule has 0 atom stereocenters. The van der Waals surface area contributed by atoms with E-state index in [2.05, 4.69) is 0 Å². The molecule has 0 aliphatic rings. The Morgan fingerprint density at radius 1 is 0.606 bits per heavy atom. The molecular weight excluding hydrogens is 440 g/mol. The number of carbonyl (C=O) groups is 1. The van der Waals surface area contributed by atoms with E-state index in [0.29, 0.717) is 39.1 Å². The first-order valence-electron chi connectivity index (χ1n) is 11.0. The fourth-order valence-electron chi connectivity index (χ4n) is 2.49. The van der Waals surface area contributed by atoms with E-state index < -0.39 is 5.97 Å². The predicted molar refractivity (Wildman–Crippen MR) is 117 cm³/mol. The van der Waals surface area contributed by atoms with E-state index >= 15 is 0 Å². The Morgan fingerprint density at radius 2 is 1.00 bits per heavy atom. The van der Waals surface area contributed by atoms with Crippen molar-refractivity contribution < 1.29 is 53.6 Å². The molecule has 1 rings (SSSR count). The van der Waals surface area contributed by atoms with Crippen molar-refractivity contribution in [1.82, 2.24) is 0 Å². The Bertz CT molecular complexity index is 602. The Hall–Kier alpha value is -2.15. The summed E-state index contributed by atoms with van der Waals surface area (Å²) in [5.74, 6) is -0.544. The smallest absolute Gasteiger partial charge is 0.335 e. The molecule has 11 nitrogen and oxygen atoms in total. The van der Waals surface area contributed by atoms with E-state index in [0.717, 1.165) is 0 Å². The minimum absolute atomic E-state index is 0.0320. The molecule has 0 saturated carbocycles. The quantitative estimate of drug-likeness (QED) is 0.175. The number of hydrogen-bond acceptors (Lipinski definition) is 10. The zero-order valence-corrected chi connectivity index (χ0v) is 18.9. The number of hydrogen-bond donors (Lipinski definition) is 4. The van der Waals surface area contributed by atoms with Crippen molar-refractivity contribution in [3.05, 3.63) is 17.7 Å². The van der Waals surface area contributed by atoms with Crippen molar-refractivity contribution >= 4 is 5.97 Å². The lowest BCUT2D eigenvalue weighted by atomic mass is 10.2. The summed E-state index contributed by atoms with van der Waals surface area (Å²) in [5.41, 5.74) is -0.0334. The van der Waals surface area contributed by atoms with Gasteiger partial charge in [-0.05, 0) is 31.4 Å². The summed E-state index contributed by atoms with van der Waals surface area (Å²) in [6.07, 6.45) is 1.54. The number of carboxylic acid groups (broad SMARTS) is 1. The second kappa shape index (κ2) is 19.3. The number of aliphatic hydroxyl groups excluding tert-OH is 3. The third-order valence-electron chi connectivity index (χ3n) is 4.05. The van der Waals surface area contributed by atoms with Gasteiger partial charge in [0.1, 0.15) is 19.8 Å². The molecule has 0 aliphatic carbocycles. The summed E-state index contributed by atoms with van der Waals surface area (Å²) in [4.78, 5) is 11.6. The second-order valence-corrected chi connectivity index (χ2v) is 6.72. The molecule has 0 saturated heterocycles. The van der Waals surface area contributed by atoms with Crippen LogP contribution in [0.25, 0.3) is 0 Å². The van der Waals surface area contributed by atoms with Gasteiger partial charge in [-0.3, -0.25) is 0 Å². The SMILES string of the molecule is O=C(O)c1cc(OCCOCCCO)c(OCCOCCCO)c(OCCOCCCO)c1. The van der Waals surface area contributed by atoms with Crippen LogP contribution >= 0.6 is 0 Å². The molecule has 0 radical (unpaired) electrons.